The van der Waals surface area contributed by atoms with Crippen molar-refractivity contribution in [2.75, 3.05) is 24.6 Å². The molecule has 1 fully saturated rings. The van der Waals surface area contributed by atoms with E-state index >= 15 is 0 Å². The van der Waals surface area contributed by atoms with E-state index in [4.69, 9.17) is 5.73 Å². The standard InChI is InChI=1S/C14H21N3OS/c15-12-6-7-13(16-10-12)19-11-14(18)17-8-4-2-1-3-5-9-17/h6-7,10H,1-5,8-9,11,15H2. The van der Waals surface area contributed by atoms with Gasteiger partial charge in [0.05, 0.1) is 22.7 Å². The Bertz CT molecular complexity index is 400. The Balaban J connectivity index is 1.80. The number of rotatable bonds is 3. The van der Waals surface area contributed by atoms with Gasteiger partial charge in [0.2, 0.25) is 5.91 Å². The summed E-state index contributed by atoms with van der Waals surface area (Å²) in [5, 5.41) is 0.856. The van der Waals surface area contributed by atoms with E-state index in [0.717, 1.165) is 31.0 Å². The quantitative estimate of drug-likeness (QED) is 0.864. The molecule has 1 aromatic rings. The maximum atomic E-state index is 12.2. The fourth-order valence-electron chi connectivity index (χ4n) is 2.20. The Hall–Kier alpha value is -1.23. The van der Waals surface area contributed by atoms with Gasteiger partial charge in [0.15, 0.2) is 0 Å². The van der Waals surface area contributed by atoms with Gasteiger partial charge in [-0.25, -0.2) is 4.98 Å². The third kappa shape index (κ3) is 4.74. The molecule has 0 atom stereocenters. The summed E-state index contributed by atoms with van der Waals surface area (Å²) in [5.74, 6) is 0.697. The second-order valence-corrected chi connectivity index (χ2v) is 5.86. The van der Waals surface area contributed by atoms with Crippen molar-refractivity contribution in [3.8, 4) is 0 Å². The molecule has 1 aliphatic heterocycles. The second-order valence-electron chi connectivity index (χ2n) is 4.87. The molecule has 0 aliphatic carbocycles. The van der Waals surface area contributed by atoms with E-state index in [0.29, 0.717) is 11.4 Å². The largest absolute Gasteiger partial charge is 0.397 e. The van der Waals surface area contributed by atoms with E-state index in [-0.39, 0.29) is 5.91 Å². The van der Waals surface area contributed by atoms with Crippen LogP contribution in [-0.4, -0.2) is 34.6 Å². The third-order valence-electron chi connectivity index (χ3n) is 3.31. The number of hydrogen-bond donors (Lipinski definition) is 1. The van der Waals surface area contributed by atoms with Crippen LogP contribution < -0.4 is 5.73 Å². The van der Waals surface area contributed by atoms with Crippen LogP contribution in [0.3, 0.4) is 0 Å². The Morgan fingerprint density at radius 2 is 1.89 bits per heavy atom. The summed E-state index contributed by atoms with van der Waals surface area (Å²) in [6.45, 7) is 1.82. The Morgan fingerprint density at radius 3 is 2.53 bits per heavy atom. The first-order chi connectivity index (χ1) is 9.25. The molecule has 4 nitrogen and oxygen atoms in total. The first-order valence-corrected chi connectivity index (χ1v) is 7.86. The average Bonchev–Trinajstić information content (AvgIpc) is 2.37. The summed E-state index contributed by atoms with van der Waals surface area (Å²) in [6, 6.07) is 3.68. The van der Waals surface area contributed by atoms with Crippen molar-refractivity contribution in [3.63, 3.8) is 0 Å². The predicted molar refractivity (Wildman–Crippen MR) is 79.0 cm³/mol. The molecule has 0 spiro atoms. The first-order valence-electron chi connectivity index (χ1n) is 6.88. The van der Waals surface area contributed by atoms with Gasteiger partial charge >= 0.3 is 0 Å². The zero-order valence-corrected chi connectivity index (χ0v) is 12.0. The van der Waals surface area contributed by atoms with Crippen LogP contribution in [0.15, 0.2) is 23.4 Å². The molecule has 0 bridgehead atoms. The van der Waals surface area contributed by atoms with Gasteiger partial charge in [0, 0.05) is 13.1 Å². The average molecular weight is 279 g/mol. The van der Waals surface area contributed by atoms with Crippen molar-refractivity contribution in [2.45, 2.75) is 37.1 Å². The highest BCUT2D eigenvalue weighted by Crippen LogP contribution is 2.18. The highest BCUT2D eigenvalue weighted by atomic mass is 32.2. The van der Waals surface area contributed by atoms with Crippen LogP contribution in [-0.2, 0) is 4.79 Å². The van der Waals surface area contributed by atoms with Crippen molar-refractivity contribution >= 4 is 23.4 Å². The van der Waals surface area contributed by atoms with E-state index in [1.165, 1.54) is 31.0 Å². The van der Waals surface area contributed by atoms with Gasteiger partial charge in [-0.2, -0.15) is 0 Å². The summed E-state index contributed by atoms with van der Waals surface area (Å²) >= 11 is 1.49. The summed E-state index contributed by atoms with van der Waals surface area (Å²) in [5.41, 5.74) is 6.24. The van der Waals surface area contributed by atoms with Crippen LogP contribution in [0.5, 0.6) is 0 Å². The monoisotopic (exact) mass is 279 g/mol. The van der Waals surface area contributed by atoms with Crippen molar-refractivity contribution < 1.29 is 4.79 Å². The minimum absolute atomic E-state index is 0.227. The van der Waals surface area contributed by atoms with E-state index < -0.39 is 0 Å². The van der Waals surface area contributed by atoms with E-state index in [1.807, 2.05) is 17.0 Å². The predicted octanol–water partition coefficient (Wildman–Crippen LogP) is 2.55. The minimum Gasteiger partial charge on any atom is -0.397 e. The second kappa shape index (κ2) is 7.38. The van der Waals surface area contributed by atoms with Crippen molar-refractivity contribution in [3.05, 3.63) is 18.3 Å². The molecule has 2 rings (SSSR count). The Kier molecular flexibility index (Phi) is 5.51. The zero-order valence-electron chi connectivity index (χ0n) is 11.2. The lowest BCUT2D eigenvalue weighted by Gasteiger charge is -2.24. The smallest absolute Gasteiger partial charge is 0.232 e. The molecular weight excluding hydrogens is 258 g/mol. The molecule has 104 valence electrons. The van der Waals surface area contributed by atoms with Crippen LogP contribution in [0.4, 0.5) is 5.69 Å². The maximum Gasteiger partial charge on any atom is 0.232 e. The van der Waals surface area contributed by atoms with Gasteiger partial charge < -0.3 is 10.6 Å². The number of nitrogen functional groups attached to an aromatic ring is 1. The van der Waals surface area contributed by atoms with Crippen molar-refractivity contribution in [1.29, 1.82) is 0 Å². The van der Waals surface area contributed by atoms with Crippen LogP contribution in [0, 0.1) is 0 Å². The summed E-state index contributed by atoms with van der Waals surface area (Å²) < 4.78 is 0. The fourth-order valence-corrected chi connectivity index (χ4v) is 2.95. The van der Waals surface area contributed by atoms with Gasteiger partial charge in [-0.15, -0.1) is 0 Å². The highest BCUT2D eigenvalue weighted by molar-refractivity contribution is 7.99. The van der Waals surface area contributed by atoms with Gasteiger partial charge in [-0.05, 0) is 25.0 Å². The van der Waals surface area contributed by atoms with Crippen LogP contribution in [0.1, 0.15) is 32.1 Å². The number of hydrogen-bond acceptors (Lipinski definition) is 4. The van der Waals surface area contributed by atoms with Gasteiger partial charge in [-0.1, -0.05) is 31.0 Å². The zero-order chi connectivity index (χ0) is 13.5. The van der Waals surface area contributed by atoms with Crippen molar-refractivity contribution in [1.82, 2.24) is 9.88 Å². The highest BCUT2D eigenvalue weighted by Gasteiger charge is 2.14. The van der Waals surface area contributed by atoms with Crippen molar-refractivity contribution in [2.24, 2.45) is 0 Å². The number of anilines is 1. The Labute approximate surface area is 118 Å². The lowest BCUT2D eigenvalue weighted by atomic mass is 10.1. The molecule has 2 heterocycles. The molecule has 19 heavy (non-hydrogen) atoms. The normalized spacial score (nSPS) is 16.7. The molecule has 1 saturated heterocycles. The van der Waals surface area contributed by atoms with Gasteiger partial charge in [0.25, 0.3) is 0 Å². The van der Waals surface area contributed by atoms with E-state index in [1.54, 1.807) is 6.20 Å². The van der Waals surface area contributed by atoms with Crippen LogP contribution in [0.25, 0.3) is 0 Å². The minimum atomic E-state index is 0.227. The molecular formula is C14H21N3OS. The molecule has 0 radical (unpaired) electrons. The lowest BCUT2D eigenvalue weighted by Crippen LogP contribution is -2.35. The number of carbonyl (C=O) groups excluding carboxylic acids is 1. The molecule has 1 amide bonds. The number of aromatic nitrogens is 1. The summed E-state index contributed by atoms with van der Waals surface area (Å²) in [4.78, 5) is 18.4. The summed E-state index contributed by atoms with van der Waals surface area (Å²) in [6.07, 6.45) is 7.70. The molecule has 0 aromatic carbocycles. The Morgan fingerprint density at radius 1 is 1.21 bits per heavy atom. The number of thioether (sulfide) groups is 1. The number of nitrogens with two attached hydrogens (primary N) is 1. The number of amides is 1. The summed E-state index contributed by atoms with van der Waals surface area (Å²) in [7, 11) is 0. The van der Waals surface area contributed by atoms with Crippen LogP contribution in [0.2, 0.25) is 0 Å². The number of nitrogens with zero attached hydrogens (tertiary/aromatic N) is 2. The molecule has 0 saturated carbocycles. The molecule has 1 aromatic heterocycles. The lowest BCUT2D eigenvalue weighted by molar-refractivity contribution is -0.128. The first kappa shape index (κ1) is 14.2. The van der Waals surface area contributed by atoms with E-state index in [9.17, 15) is 4.79 Å². The number of likely N-dealkylation sites (tertiary alicyclic amines) is 1. The molecule has 1 aliphatic rings. The number of carbonyl (C=O) groups is 1. The van der Waals surface area contributed by atoms with Gasteiger partial charge in [0.1, 0.15) is 0 Å². The number of pyridine rings is 1. The topological polar surface area (TPSA) is 59.2 Å². The van der Waals surface area contributed by atoms with Crippen LogP contribution >= 0.6 is 11.8 Å². The maximum absolute atomic E-state index is 12.2. The van der Waals surface area contributed by atoms with E-state index in [2.05, 4.69) is 4.98 Å². The SMILES string of the molecule is Nc1ccc(SCC(=O)N2CCCCCCC2)nc1. The fraction of sp³-hybridized carbons (Fsp3) is 0.571. The van der Waals surface area contributed by atoms with Gasteiger partial charge in [-0.3, -0.25) is 4.79 Å². The molecule has 2 N–H and O–H groups in total. The molecule has 0 unspecified atom stereocenters. The third-order valence-corrected chi connectivity index (χ3v) is 4.24. The molecule has 5 heteroatoms.